The van der Waals surface area contributed by atoms with Gasteiger partial charge in [-0.25, -0.2) is 12.8 Å². The molecule has 1 saturated carbocycles. The predicted molar refractivity (Wildman–Crippen MR) is 110 cm³/mol. The number of nitrogens with one attached hydrogen (secondary N) is 1. The first-order chi connectivity index (χ1) is 13.7. The number of amides is 1. The van der Waals surface area contributed by atoms with Crippen molar-refractivity contribution >= 4 is 15.9 Å². The third-order valence-corrected chi connectivity index (χ3v) is 8.60. The van der Waals surface area contributed by atoms with E-state index in [1.54, 1.807) is 0 Å². The number of nitrogens with zero attached hydrogens (tertiary/aromatic N) is 2. The monoisotopic (exact) mass is 425 g/mol. The van der Waals surface area contributed by atoms with E-state index < -0.39 is 15.8 Å². The molecule has 1 aliphatic heterocycles. The van der Waals surface area contributed by atoms with Crippen LogP contribution in [0.4, 0.5) is 4.39 Å². The Morgan fingerprint density at radius 3 is 2.34 bits per heavy atom. The maximum absolute atomic E-state index is 13.1. The molecule has 0 spiro atoms. The number of hydrogen-bond acceptors (Lipinski definition) is 4. The first-order valence-corrected chi connectivity index (χ1v) is 11.9. The summed E-state index contributed by atoms with van der Waals surface area (Å²) in [4.78, 5) is 14.9. The van der Waals surface area contributed by atoms with E-state index in [-0.39, 0.29) is 22.9 Å². The standard InChI is InChI=1S/C21H32FN3O3S/c1-15-5-4-6-20(16(15)2)23-21(26)17(3)24-11-13-25(14-12-24)29(27,28)19-9-7-18(22)8-10-19/h7-10,15-17,20H,4-6,11-14H2,1-3H3,(H,23,26)/t15-,16+,17+,20+/m0/s1. The first-order valence-electron chi connectivity index (χ1n) is 10.5. The summed E-state index contributed by atoms with van der Waals surface area (Å²) >= 11 is 0. The number of carbonyl (C=O) groups is 1. The van der Waals surface area contributed by atoms with Crippen molar-refractivity contribution in [3.8, 4) is 0 Å². The number of rotatable bonds is 5. The molecule has 0 radical (unpaired) electrons. The van der Waals surface area contributed by atoms with Crippen LogP contribution in [0.2, 0.25) is 0 Å². The molecule has 0 aromatic heterocycles. The average molecular weight is 426 g/mol. The van der Waals surface area contributed by atoms with Crippen molar-refractivity contribution in [2.45, 2.75) is 57.0 Å². The Kier molecular flexibility index (Phi) is 6.96. The van der Waals surface area contributed by atoms with E-state index in [2.05, 4.69) is 19.2 Å². The number of halogens is 1. The molecule has 2 fully saturated rings. The van der Waals surface area contributed by atoms with Gasteiger partial charge < -0.3 is 5.32 Å². The van der Waals surface area contributed by atoms with Gasteiger partial charge in [0.15, 0.2) is 0 Å². The second-order valence-electron chi connectivity index (χ2n) is 8.45. The van der Waals surface area contributed by atoms with Gasteiger partial charge in [0.1, 0.15) is 5.82 Å². The summed E-state index contributed by atoms with van der Waals surface area (Å²) in [5.41, 5.74) is 0. The zero-order valence-electron chi connectivity index (χ0n) is 17.5. The molecule has 1 saturated heterocycles. The third kappa shape index (κ3) is 4.98. The van der Waals surface area contributed by atoms with Gasteiger partial charge in [0, 0.05) is 32.2 Å². The van der Waals surface area contributed by atoms with Crippen molar-refractivity contribution in [1.29, 1.82) is 0 Å². The summed E-state index contributed by atoms with van der Waals surface area (Å²) in [6.07, 6.45) is 3.38. The molecule has 1 heterocycles. The highest BCUT2D eigenvalue weighted by molar-refractivity contribution is 7.89. The fourth-order valence-corrected chi connectivity index (χ4v) is 5.76. The molecule has 1 N–H and O–H groups in total. The first kappa shape index (κ1) is 22.2. The molecule has 1 aromatic carbocycles. The molecule has 1 aromatic rings. The van der Waals surface area contributed by atoms with Crippen LogP contribution in [-0.4, -0.2) is 61.8 Å². The Balaban J connectivity index is 1.55. The van der Waals surface area contributed by atoms with Gasteiger partial charge in [-0.05, 0) is 49.4 Å². The lowest BCUT2D eigenvalue weighted by Crippen LogP contribution is -2.56. The van der Waals surface area contributed by atoms with E-state index in [0.29, 0.717) is 38.0 Å². The summed E-state index contributed by atoms with van der Waals surface area (Å²) < 4.78 is 40.0. The minimum absolute atomic E-state index is 0.0193. The third-order valence-electron chi connectivity index (χ3n) is 6.69. The molecule has 8 heteroatoms. The molecule has 2 aliphatic rings. The molecule has 29 heavy (non-hydrogen) atoms. The van der Waals surface area contributed by atoms with Crippen LogP contribution >= 0.6 is 0 Å². The second kappa shape index (κ2) is 9.10. The molecule has 1 aliphatic carbocycles. The fraction of sp³-hybridized carbons (Fsp3) is 0.667. The number of carbonyl (C=O) groups excluding carboxylic acids is 1. The number of hydrogen-bond donors (Lipinski definition) is 1. The highest BCUT2D eigenvalue weighted by Crippen LogP contribution is 2.29. The summed E-state index contributed by atoms with van der Waals surface area (Å²) in [5.74, 6) is 0.642. The Morgan fingerprint density at radius 1 is 1.10 bits per heavy atom. The lowest BCUT2D eigenvalue weighted by atomic mass is 9.78. The molecule has 6 nitrogen and oxygen atoms in total. The molecular formula is C21H32FN3O3S. The van der Waals surface area contributed by atoms with E-state index in [0.717, 1.165) is 25.0 Å². The highest BCUT2D eigenvalue weighted by Gasteiger charge is 2.34. The minimum atomic E-state index is -3.64. The van der Waals surface area contributed by atoms with Crippen LogP contribution in [0.5, 0.6) is 0 Å². The zero-order chi connectivity index (χ0) is 21.2. The molecule has 0 bridgehead atoms. The SMILES string of the molecule is C[C@@H]1[C@@H](C)CCC[C@H]1NC(=O)[C@@H](C)N1CCN(S(=O)(=O)c2ccc(F)cc2)CC1. The Bertz CT molecular complexity index is 807. The van der Waals surface area contributed by atoms with Crippen molar-refractivity contribution in [3.05, 3.63) is 30.1 Å². The van der Waals surface area contributed by atoms with Gasteiger partial charge in [-0.15, -0.1) is 0 Å². The van der Waals surface area contributed by atoms with E-state index >= 15 is 0 Å². The summed E-state index contributed by atoms with van der Waals surface area (Å²) in [5, 5.41) is 3.22. The van der Waals surface area contributed by atoms with Gasteiger partial charge in [-0.1, -0.05) is 26.7 Å². The van der Waals surface area contributed by atoms with Crippen LogP contribution in [0.3, 0.4) is 0 Å². The number of benzene rings is 1. The van der Waals surface area contributed by atoms with Crippen LogP contribution in [-0.2, 0) is 14.8 Å². The summed E-state index contributed by atoms with van der Waals surface area (Å²) in [6.45, 7) is 7.95. The molecular weight excluding hydrogens is 393 g/mol. The van der Waals surface area contributed by atoms with Crippen molar-refractivity contribution < 1.29 is 17.6 Å². The highest BCUT2D eigenvalue weighted by atomic mass is 32.2. The number of piperazine rings is 1. The van der Waals surface area contributed by atoms with Crippen LogP contribution < -0.4 is 5.32 Å². The average Bonchev–Trinajstić information content (AvgIpc) is 2.71. The topological polar surface area (TPSA) is 69.7 Å². The molecule has 162 valence electrons. The van der Waals surface area contributed by atoms with Crippen LogP contribution in [0.25, 0.3) is 0 Å². The zero-order valence-corrected chi connectivity index (χ0v) is 18.3. The van der Waals surface area contributed by atoms with E-state index in [1.165, 1.54) is 22.9 Å². The van der Waals surface area contributed by atoms with Crippen molar-refractivity contribution in [2.24, 2.45) is 11.8 Å². The maximum atomic E-state index is 13.1. The Labute approximate surface area is 173 Å². The quantitative estimate of drug-likeness (QED) is 0.787. The molecule has 0 unspecified atom stereocenters. The van der Waals surface area contributed by atoms with Crippen molar-refractivity contribution in [3.63, 3.8) is 0 Å². The predicted octanol–water partition coefficient (Wildman–Crippen LogP) is 2.46. The van der Waals surface area contributed by atoms with Crippen molar-refractivity contribution in [2.75, 3.05) is 26.2 Å². The smallest absolute Gasteiger partial charge is 0.243 e. The van der Waals surface area contributed by atoms with Crippen molar-refractivity contribution in [1.82, 2.24) is 14.5 Å². The minimum Gasteiger partial charge on any atom is -0.352 e. The van der Waals surface area contributed by atoms with E-state index in [1.807, 2.05) is 11.8 Å². The van der Waals surface area contributed by atoms with Gasteiger partial charge in [-0.2, -0.15) is 4.31 Å². The molecule has 1 amide bonds. The van der Waals surface area contributed by atoms with E-state index in [9.17, 15) is 17.6 Å². The molecule has 3 rings (SSSR count). The Morgan fingerprint density at radius 2 is 1.72 bits per heavy atom. The van der Waals surface area contributed by atoms with Crippen LogP contribution in [0, 0.1) is 17.7 Å². The Hall–Kier alpha value is -1.51. The summed E-state index contributed by atoms with van der Waals surface area (Å²) in [7, 11) is -3.64. The molecule has 4 atom stereocenters. The normalized spacial score (nSPS) is 28.1. The summed E-state index contributed by atoms with van der Waals surface area (Å²) in [6, 6.07) is 4.81. The number of sulfonamides is 1. The fourth-order valence-electron chi connectivity index (χ4n) is 4.34. The van der Waals surface area contributed by atoms with E-state index in [4.69, 9.17) is 0 Å². The van der Waals surface area contributed by atoms with Gasteiger partial charge in [0.25, 0.3) is 0 Å². The largest absolute Gasteiger partial charge is 0.352 e. The lowest BCUT2D eigenvalue weighted by Gasteiger charge is -2.39. The van der Waals surface area contributed by atoms with Gasteiger partial charge in [0.2, 0.25) is 15.9 Å². The lowest BCUT2D eigenvalue weighted by molar-refractivity contribution is -0.127. The van der Waals surface area contributed by atoms with Gasteiger partial charge >= 0.3 is 0 Å². The second-order valence-corrected chi connectivity index (χ2v) is 10.4. The van der Waals surface area contributed by atoms with Gasteiger partial charge in [-0.3, -0.25) is 9.69 Å². The van der Waals surface area contributed by atoms with Crippen LogP contribution in [0.15, 0.2) is 29.2 Å². The van der Waals surface area contributed by atoms with Gasteiger partial charge in [0.05, 0.1) is 10.9 Å². The maximum Gasteiger partial charge on any atom is 0.243 e. The van der Waals surface area contributed by atoms with Crippen LogP contribution in [0.1, 0.15) is 40.0 Å².